The number of nitrogens with two attached hydrogens (primary N) is 1. The van der Waals surface area contributed by atoms with Gasteiger partial charge in [-0.25, -0.2) is 0 Å². The van der Waals surface area contributed by atoms with Crippen molar-refractivity contribution in [2.75, 3.05) is 7.05 Å². The van der Waals surface area contributed by atoms with E-state index in [0.29, 0.717) is 5.92 Å². The largest absolute Gasteiger partial charge is 0.333 e. The maximum Gasteiger partial charge on any atom is 0.0655 e. The maximum atomic E-state index is 8.44. The van der Waals surface area contributed by atoms with Gasteiger partial charge in [-0.2, -0.15) is 5.26 Å². The molecule has 0 amide bonds. The number of nitriles is 1. The molecular weight excluding hydrogens is 124 g/mol. The van der Waals surface area contributed by atoms with Gasteiger partial charge in [-0.15, -0.1) is 0 Å². The van der Waals surface area contributed by atoms with Crippen molar-refractivity contribution in [3.05, 3.63) is 0 Å². The highest BCUT2D eigenvalue weighted by atomic mass is 14.4. The minimum absolute atomic E-state index is 0.392. The molecule has 0 saturated heterocycles. The summed E-state index contributed by atoms with van der Waals surface area (Å²) in [5, 5.41) is 8.44. The Balaban J connectivity index is 0.000000371. The number of nitrogens with zero attached hydrogens (tertiary/aromatic N) is 1. The molecule has 0 aromatic carbocycles. The molecule has 0 heterocycles. The zero-order valence-corrected chi connectivity index (χ0v) is 6.64. The van der Waals surface area contributed by atoms with Crippen molar-refractivity contribution in [1.82, 2.24) is 0 Å². The van der Waals surface area contributed by atoms with Crippen molar-refractivity contribution >= 4 is 0 Å². The monoisotopic (exact) mass is 140 g/mol. The van der Waals surface area contributed by atoms with Crippen LogP contribution in [-0.4, -0.2) is 7.05 Å². The van der Waals surface area contributed by atoms with E-state index in [1.54, 1.807) is 0 Å². The van der Waals surface area contributed by atoms with Crippen LogP contribution >= 0.6 is 0 Å². The molecule has 0 aliphatic heterocycles. The highest BCUT2D eigenvalue weighted by Crippen LogP contribution is 2.22. The average molecular weight is 140 g/mol. The van der Waals surface area contributed by atoms with Crippen molar-refractivity contribution in [3.63, 3.8) is 0 Å². The summed E-state index contributed by atoms with van der Waals surface area (Å²) in [4.78, 5) is 0. The van der Waals surface area contributed by atoms with Crippen molar-refractivity contribution in [2.45, 2.75) is 32.1 Å². The fraction of sp³-hybridized carbons (Fsp3) is 0.875. The highest BCUT2D eigenvalue weighted by molar-refractivity contribution is 4.84. The average Bonchev–Trinajstić information content (AvgIpc) is 2.10. The van der Waals surface area contributed by atoms with E-state index in [-0.39, 0.29) is 0 Å². The molecule has 1 rings (SSSR count). The summed E-state index contributed by atoms with van der Waals surface area (Å²) in [7, 11) is 1.50. The van der Waals surface area contributed by atoms with Gasteiger partial charge < -0.3 is 5.73 Å². The van der Waals surface area contributed by atoms with Gasteiger partial charge in [0.15, 0.2) is 0 Å². The third-order valence-electron chi connectivity index (χ3n) is 1.79. The second kappa shape index (κ2) is 6.57. The molecule has 0 aromatic rings. The minimum Gasteiger partial charge on any atom is -0.333 e. The summed E-state index contributed by atoms with van der Waals surface area (Å²) in [6.45, 7) is 0. The van der Waals surface area contributed by atoms with Crippen molar-refractivity contribution < 1.29 is 0 Å². The lowest BCUT2D eigenvalue weighted by molar-refractivity contribution is 0.427. The lowest BCUT2D eigenvalue weighted by atomic mass is 9.91. The van der Waals surface area contributed by atoms with Crippen LogP contribution in [0.3, 0.4) is 0 Å². The Morgan fingerprint density at radius 2 is 1.70 bits per heavy atom. The van der Waals surface area contributed by atoms with Crippen LogP contribution in [0.1, 0.15) is 32.1 Å². The van der Waals surface area contributed by atoms with E-state index >= 15 is 0 Å². The maximum absolute atomic E-state index is 8.44. The summed E-state index contributed by atoms with van der Waals surface area (Å²) in [5.41, 5.74) is 4.50. The molecular formula is C8H16N2. The number of rotatable bonds is 0. The normalized spacial score (nSPS) is 18.5. The standard InChI is InChI=1S/C7H11N.CH5N/c8-6-7-4-2-1-3-5-7;1-2/h7H,1-5H2;2H2,1H3. The predicted molar refractivity (Wildman–Crippen MR) is 42.3 cm³/mol. The Labute approximate surface area is 63.0 Å². The summed E-state index contributed by atoms with van der Waals surface area (Å²) < 4.78 is 0. The molecule has 0 atom stereocenters. The molecule has 0 bridgehead atoms. The Morgan fingerprint density at radius 3 is 2.00 bits per heavy atom. The van der Waals surface area contributed by atoms with Gasteiger partial charge in [0, 0.05) is 5.92 Å². The van der Waals surface area contributed by atoms with E-state index in [0.717, 1.165) is 12.8 Å². The van der Waals surface area contributed by atoms with Crippen molar-refractivity contribution in [1.29, 1.82) is 5.26 Å². The fourth-order valence-electron chi connectivity index (χ4n) is 1.23. The van der Waals surface area contributed by atoms with Crippen LogP contribution < -0.4 is 5.73 Å². The summed E-state index contributed by atoms with van der Waals surface area (Å²) in [6.07, 6.45) is 6.20. The molecule has 58 valence electrons. The third-order valence-corrected chi connectivity index (χ3v) is 1.79. The van der Waals surface area contributed by atoms with Crippen molar-refractivity contribution in [3.8, 4) is 6.07 Å². The fourth-order valence-corrected chi connectivity index (χ4v) is 1.23. The Kier molecular flexibility index (Phi) is 6.21. The zero-order valence-electron chi connectivity index (χ0n) is 6.64. The third kappa shape index (κ3) is 3.47. The first kappa shape index (κ1) is 9.45. The van der Waals surface area contributed by atoms with E-state index in [1.165, 1.54) is 26.3 Å². The van der Waals surface area contributed by atoms with Gasteiger partial charge in [0.25, 0.3) is 0 Å². The van der Waals surface area contributed by atoms with E-state index in [1.807, 2.05) is 0 Å². The molecule has 1 aliphatic carbocycles. The molecule has 0 unspecified atom stereocenters. The molecule has 0 aromatic heterocycles. The van der Waals surface area contributed by atoms with E-state index in [9.17, 15) is 0 Å². The lowest BCUT2D eigenvalue weighted by Gasteiger charge is -2.13. The van der Waals surface area contributed by atoms with Crippen LogP contribution in [0, 0.1) is 17.2 Å². The molecule has 2 heteroatoms. The van der Waals surface area contributed by atoms with Gasteiger partial charge in [0.05, 0.1) is 6.07 Å². The molecule has 1 aliphatic rings. The van der Waals surface area contributed by atoms with Gasteiger partial charge in [-0.05, 0) is 19.9 Å². The van der Waals surface area contributed by atoms with E-state index < -0.39 is 0 Å². The lowest BCUT2D eigenvalue weighted by Crippen LogP contribution is -2.02. The molecule has 2 nitrogen and oxygen atoms in total. The quantitative estimate of drug-likeness (QED) is 0.556. The first-order chi connectivity index (χ1) is 4.93. The minimum atomic E-state index is 0.392. The first-order valence-corrected chi connectivity index (χ1v) is 3.91. The summed E-state index contributed by atoms with van der Waals surface area (Å²) in [6, 6.07) is 2.30. The van der Waals surface area contributed by atoms with Gasteiger partial charge in [0.1, 0.15) is 0 Å². The molecule has 2 N–H and O–H groups in total. The topological polar surface area (TPSA) is 49.8 Å². The van der Waals surface area contributed by atoms with Gasteiger partial charge in [-0.3, -0.25) is 0 Å². The van der Waals surface area contributed by atoms with E-state index in [2.05, 4.69) is 11.8 Å². The Bertz CT molecular complexity index is 98.3. The van der Waals surface area contributed by atoms with Gasteiger partial charge in [0.2, 0.25) is 0 Å². The SMILES string of the molecule is CN.N#CC1CCCCC1. The van der Waals surface area contributed by atoms with Crippen molar-refractivity contribution in [2.24, 2.45) is 11.7 Å². The molecule has 10 heavy (non-hydrogen) atoms. The summed E-state index contributed by atoms with van der Waals surface area (Å²) in [5.74, 6) is 0.392. The molecule has 1 fully saturated rings. The number of hydrogen-bond acceptors (Lipinski definition) is 2. The second-order valence-electron chi connectivity index (χ2n) is 2.46. The smallest absolute Gasteiger partial charge is 0.0655 e. The Hall–Kier alpha value is -0.550. The van der Waals surface area contributed by atoms with Crippen LogP contribution in [0.25, 0.3) is 0 Å². The van der Waals surface area contributed by atoms with Crippen LogP contribution in [0.15, 0.2) is 0 Å². The molecule has 0 spiro atoms. The molecule has 1 saturated carbocycles. The molecule has 0 radical (unpaired) electrons. The van der Waals surface area contributed by atoms with Crippen LogP contribution in [-0.2, 0) is 0 Å². The predicted octanol–water partition coefficient (Wildman–Crippen LogP) is 1.67. The van der Waals surface area contributed by atoms with E-state index in [4.69, 9.17) is 5.26 Å². The highest BCUT2D eigenvalue weighted by Gasteiger charge is 2.10. The van der Waals surface area contributed by atoms with Gasteiger partial charge in [-0.1, -0.05) is 19.3 Å². The first-order valence-electron chi connectivity index (χ1n) is 3.91. The summed E-state index contributed by atoms with van der Waals surface area (Å²) >= 11 is 0. The van der Waals surface area contributed by atoms with Gasteiger partial charge >= 0.3 is 0 Å². The zero-order chi connectivity index (χ0) is 7.82. The second-order valence-corrected chi connectivity index (χ2v) is 2.46. The van der Waals surface area contributed by atoms with Crippen LogP contribution in [0.2, 0.25) is 0 Å². The Morgan fingerprint density at radius 1 is 1.20 bits per heavy atom. The number of hydrogen-bond donors (Lipinski definition) is 1. The van der Waals surface area contributed by atoms with Crippen LogP contribution in [0.4, 0.5) is 0 Å². The van der Waals surface area contributed by atoms with Crippen LogP contribution in [0.5, 0.6) is 0 Å².